The number of nitrogens with zero attached hydrogens (tertiary/aromatic N) is 1. The van der Waals surface area contributed by atoms with Gasteiger partial charge in [0.2, 0.25) is 0 Å². The summed E-state index contributed by atoms with van der Waals surface area (Å²) in [5.74, 6) is 0.218. The monoisotopic (exact) mass is 304 g/mol. The molecule has 0 amide bonds. The minimum absolute atomic E-state index is 0.0592. The predicted molar refractivity (Wildman–Crippen MR) is 81.1 cm³/mol. The van der Waals surface area contributed by atoms with Gasteiger partial charge < -0.3 is 10.1 Å². The summed E-state index contributed by atoms with van der Waals surface area (Å²) in [6.45, 7) is 0. The molecule has 0 bridgehead atoms. The van der Waals surface area contributed by atoms with Gasteiger partial charge in [-0.15, -0.1) is 11.3 Å². The lowest BCUT2D eigenvalue weighted by Gasteiger charge is -2.07. The molecule has 0 radical (unpaired) electrons. The van der Waals surface area contributed by atoms with Gasteiger partial charge in [0.1, 0.15) is 5.75 Å². The second-order valence-corrected chi connectivity index (χ2v) is 4.91. The van der Waals surface area contributed by atoms with E-state index in [4.69, 9.17) is 4.74 Å². The molecule has 7 heteroatoms. The minimum atomic E-state index is -0.498. The van der Waals surface area contributed by atoms with E-state index < -0.39 is 4.92 Å². The number of benzene rings is 1. The molecule has 1 N–H and O–H groups in total. The summed E-state index contributed by atoms with van der Waals surface area (Å²) in [5.41, 5.74) is 0.481. The van der Waals surface area contributed by atoms with Crippen molar-refractivity contribution in [3.05, 3.63) is 63.0 Å². The first kappa shape index (κ1) is 14.7. The Bertz CT molecular complexity index is 680. The maximum Gasteiger partial charge on any atom is 0.273 e. The molecule has 21 heavy (non-hydrogen) atoms. The third-order valence-corrected chi connectivity index (χ3v) is 3.52. The van der Waals surface area contributed by atoms with E-state index in [9.17, 15) is 14.9 Å². The number of hydrogen-bond donors (Lipinski definition) is 1. The maximum absolute atomic E-state index is 11.8. The van der Waals surface area contributed by atoms with Crippen LogP contribution in [0.4, 0.5) is 11.4 Å². The highest BCUT2D eigenvalue weighted by molar-refractivity contribution is 7.12. The van der Waals surface area contributed by atoms with Crippen molar-refractivity contribution in [3.8, 4) is 5.75 Å². The molecule has 0 saturated carbocycles. The molecule has 0 aliphatic carbocycles. The van der Waals surface area contributed by atoms with Gasteiger partial charge in [-0.05, 0) is 17.5 Å². The normalized spacial score (nSPS) is 10.5. The average Bonchev–Trinajstić information content (AvgIpc) is 3.01. The molecule has 0 saturated heterocycles. The van der Waals surface area contributed by atoms with Crippen LogP contribution in [0.2, 0.25) is 0 Å². The summed E-state index contributed by atoms with van der Waals surface area (Å²) >= 11 is 1.36. The van der Waals surface area contributed by atoms with Crippen LogP contribution in [-0.2, 0) is 0 Å². The molecule has 2 aromatic rings. The van der Waals surface area contributed by atoms with Crippen LogP contribution in [-0.4, -0.2) is 17.8 Å². The van der Waals surface area contributed by atoms with Gasteiger partial charge in [-0.3, -0.25) is 14.9 Å². The summed E-state index contributed by atoms with van der Waals surface area (Å²) < 4.78 is 5.08. The average molecular weight is 304 g/mol. The quantitative estimate of drug-likeness (QED) is 0.382. The first-order chi connectivity index (χ1) is 10.1. The fourth-order valence-corrected chi connectivity index (χ4v) is 2.27. The number of rotatable bonds is 6. The number of allylic oxidation sites excluding steroid dienone is 1. The number of nitro groups is 1. The van der Waals surface area contributed by atoms with Crippen molar-refractivity contribution < 1.29 is 14.5 Å². The van der Waals surface area contributed by atoms with Crippen molar-refractivity contribution in [1.29, 1.82) is 0 Å². The van der Waals surface area contributed by atoms with Crippen LogP contribution in [0, 0.1) is 10.1 Å². The third-order valence-electron chi connectivity index (χ3n) is 2.63. The highest BCUT2D eigenvalue weighted by Crippen LogP contribution is 2.28. The molecule has 0 aliphatic rings. The Morgan fingerprint density at radius 3 is 2.86 bits per heavy atom. The van der Waals surface area contributed by atoms with Crippen LogP contribution in [0.3, 0.4) is 0 Å². The van der Waals surface area contributed by atoms with Crippen molar-refractivity contribution >= 4 is 28.5 Å². The Labute approximate surface area is 124 Å². The number of nitrogens with one attached hydrogen (secondary N) is 1. The van der Waals surface area contributed by atoms with Crippen LogP contribution in [0.1, 0.15) is 9.67 Å². The summed E-state index contributed by atoms with van der Waals surface area (Å²) in [7, 11) is 1.42. The zero-order valence-electron chi connectivity index (χ0n) is 11.1. The molecule has 0 atom stereocenters. The summed E-state index contributed by atoms with van der Waals surface area (Å²) in [5, 5.41) is 15.4. The van der Waals surface area contributed by atoms with Crippen LogP contribution in [0.15, 0.2) is 48.0 Å². The number of nitro benzene ring substituents is 1. The largest absolute Gasteiger partial charge is 0.494 e. The second-order valence-electron chi connectivity index (χ2n) is 3.96. The number of carbonyl (C=O) groups is 1. The number of anilines is 1. The van der Waals surface area contributed by atoms with Crippen LogP contribution >= 0.6 is 11.3 Å². The van der Waals surface area contributed by atoms with Gasteiger partial charge in [0.15, 0.2) is 5.78 Å². The van der Waals surface area contributed by atoms with Crippen molar-refractivity contribution in [3.63, 3.8) is 0 Å². The van der Waals surface area contributed by atoms with Gasteiger partial charge in [0, 0.05) is 18.3 Å². The van der Waals surface area contributed by atoms with E-state index in [0.717, 1.165) is 0 Å². The molecule has 0 spiro atoms. The molecule has 1 aromatic heterocycles. The topological polar surface area (TPSA) is 81.5 Å². The fraction of sp³-hybridized carbons (Fsp3) is 0.0714. The highest BCUT2D eigenvalue weighted by Gasteiger charge is 2.10. The first-order valence-corrected chi connectivity index (χ1v) is 6.83. The van der Waals surface area contributed by atoms with Crippen LogP contribution in [0.25, 0.3) is 0 Å². The number of hydrogen-bond acceptors (Lipinski definition) is 6. The summed E-state index contributed by atoms with van der Waals surface area (Å²) in [4.78, 5) is 22.6. The van der Waals surface area contributed by atoms with E-state index in [1.165, 1.54) is 48.9 Å². The summed E-state index contributed by atoms with van der Waals surface area (Å²) in [6.07, 6.45) is 2.87. The van der Waals surface area contributed by atoms with E-state index >= 15 is 0 Å². The zero-order chi connectivity index (χ0) is 15.2. The Balaban J connectivity index is 2.09. The number of carbonyl (C=O) groups excluding carboxylic acids is 1. The molecule has 2 rings (SSSR count). The lowest BCUT2D eigenvalue weighted by Crippen LogP contribution is -1.97. The van der Waals surface area contributed by atoms with E-state index in [-0.39, 0.29) is 11.5 Å². The molecule has 1 aromatic carbocycles. The number of ketones is 1. The molecular weight excluding hydrogens is 292 g/mol. The summed E-state index contributed by atoms with van der Waals surface area (Å²) in [6, 6.07) is 7.75. The first-order valence-electron chi connectivity index (χ1n) is 5.95. The molecular formula is C14H12N2O4S. The Morgan fingerprint density at radius 1 is 1.43 bits per heavy atom. The maximum atomic E-state index is 11.8. The van der Waals surface area contributed by atoms with Crippen LogP contribution < -0.4 is 10.1 Å². The van der Waals surface area contributed by atoms with Crippen molar-refractivity contribution in [2.24, 2.45) is 0 Å². The molecule has 108 valence electrons. The zero-order valence-corrected chi connectivity index (χ0v) is 11.9. The van der Waals surface area contributed by atoms with Gasteiger partial charge in [-0.1, -0.05) is 6.07 Å². The van der Waals surface area contributed by atoms with Gasteiger partial charge in [0.25, 0.3) is 5.69 Å². The van der Waals surface area contributed by atoms with Crippen molar-refractivity contribution in [1.82, 2.24) is 0 Å². The predicted octanol–water partition coefficient (Wildman–Crippen LogP) is 3.47. The number of thiophene rings is 1. The van der Waals surface area contributed by atoms with Crippen molar-refractivity contribution in [2.75, 3.05) is 12.4 Å². The molecule has 6 nitrogen and oxygen atoms in total. The Morgan fingerprint density at radius 2 is 2.24 bits per heavy atom. The van der Waals surface area contributed by atoms with Gasteiger partial charge in [0.05, 0.1) is 28.7 Å². The van der Waals surface area contributed by atoms with Crippen molar-refractivity contribution in [2.45, 2.75) is 0 Å². The Hall–Kier alpha value is -2.67. The standard InChI is InChI=1S/C14H12N2O4S/c1-20-13-9-10(16(18)19)4-5-11(13)15-7-6-12(17)14-3-2-8-21-14/h2-9,15H,1H3. The molecule has 0 aliphatic heterocycles. The van der Waals surface area contributed by atoms with E-state index in [2.05, 4.69) is 5.32 Å². The SMILES string of the molecule is COc1cc([N+](=O)[O-])ccc1NC=CC(=O)c1cccs1. The number of ether oxygens (including phenoxy) is 1. The smallest absolute Gasteiger partial charge is 0.273 e. The van der Waals surface area contributed by atoms with E-state index in [1.807, 2.05) is 5.38 Å². The Kier molecular flexibility index (Phi) is 4.68. The van der Waals surface area contributed by atoms with Crippen LogP contribution in [0.5, 0.6) is 5.75 Å². The molecule has 0 unspecified atom stereocenters. The molecule has 1 heterocycles. The number of methoxy groups -OCH3 is 1. The van der Waals surface area contributed by atoms with Gasteiger partial charge in [-0.25, -0.2) is 0 Å². The highest BCUT2D eigenvalue weighted by atomic mass is 32.1. The van der Waals surface area contributed by atoms with E-state index in [1.54, 1.807) is 12.1 Å². The lowest BCUT2D eigenvalue weighted by molar-refractivity contribution is -0.384. The molecule has 0 fully saturated rings. The van der Waals surface area contributed by atoms with E-state index in [0.29, 0.717) is 16.3 Å². The number of non-ortho nitro benzene ring substituents is 1. The second kappa shape index (κ2) is 6.67. The van der Waals surface area contributed by atoms with Gasteiger partial charge in [-0.2, -0.15) is 0 Å². The third kappa shape index (κ3) is 3.67. The van der Waals surface area contributed by atoms with Gasteiger partial charge >= 0.3 is 0 Å². The fourth-order valence-electron chi connectivity index (χ4n) is 1.62. The minimum Gasteiger partial charge on any atom is -0.494 e. The lowest BCUT2D eigenvalue weighted by atomic mass is 10.2.